The molecule has 0 saturated heterocycles. The van der Waals surface area contributed by atoms with E-state index in [4.69, 9.17) is 4.74 Å². The van der Waals surface area contributed by atoms with Crippen LogP contribution in [0, 0.1) is 18.3 Å². The number of aromatic nitrogens is 4. The maximum Gasteiger partial charge on any atom is 0.177 e. The number of ether oxygens (including phenoxy) is 1. The summed E-state index contributed by atoms with van der Waals surface area (Å²) in [5.41, 5.74) is 3.12. The molecule has 0 atom stereocenters. The Balaban J connectivity index is 2.05. The van der Waals surface area contributed by atoms with E-state index in [1.165, 1.54) is 6.42 Å². The van der Waals surface area contributed by atoms with E-state index < -0.39 is 0 Å². The molecule has 0 bridgehead atoms. The minimum atomic E-state index is 0.343. The van der Waals surface area contributed by atoms with Crippen LogP contribution < -0.4 is 4.74 Å². The summed E-state index contributed by atoms with van der Waals surface area (Å²) in [6, 6.07) is 4.54. The summed E-state index contributed by atoms with van der Waals surface area (Å²) in [6.07, 6.45) is 8.61. The third kappa shape index (κ3) is 2.13. The van der Waals surface area contributed by atoms with Crippen molar-refractivity contribution < 1.29 is 4.74 Å². The summed E-state index contributed by atoms with van der Waals surface area (Å²) in [4.78, 5) is 13.5. The van der Waals surface area contributed by atoms with Gasteiger partial charge in [0.2, 0.25) is 0 Å². The normalized spacial score (nSPS) is 14.4. The SMILES string of the molecule is COc1cnc2c(c1)c(C#N)c(-c1ncc(C)cn1)n2C1CCC1. The average Bonchev–Trinajstić information content (AvgIpc) is 2.87. The molecule has 0 amide bonds. The molecule has 0 spiro atoms. The maximum absolute atomic E-state index is 9.79. The molecule has 6 heteroatoms. The highest BCUT2D eigenvalue weighted by Gasteiger charge is 2.29. The van der Waals surface area contributed by atoms with Gasteiger partial charge in [-0.05, 0) is 37.8 Å². The van der Waals surface area contributed by atoms with Crippen LogP contribution in [0.3, 0.4) is 0 Å². The van der Waals surface area contributed by atoms with Crippen molar-refractivity contribution in [2.24, 2.45) is 0 Å². The number of pyridine rings is 1. The lowest BCUT2D eigenvalue weighted by molar-refractivity contribution is 0.322. The van der Waals surface area contributed by atoms with Crippen LogP contribution in [-0.4, -0.2) is 26.6 Å². The molecule has 1 aliphatic carbocycles. The molecule has 1 fully saturated rings. The topological polar surface area (TPSA) is 76.6 Å². The van der Waals surface area contributed by atoms with Gasteiger partial charge in [0.15, 0.2) is 5.82 Å². The second-order valence-electron chi connectivity index (χ2n) is 6.12. The van der Waals surface area contributed by atoms with Crippen LogP contribution in [0.15, 0.2) is 24.7 Å². The predicted molar refractivity (Wildman–Crippen MR) is 89.7 cm³/mol. The number of methoxy groups -OCH3 is 1. The highest BCUT2D eigenvalue weighted by Crippen LogP contribution is 2.41. The van der Waals surface area contributed by atoms with Gasteiger partial charge in [-0.2, -0.15) is 5.26 Å². The number of hydrogen-bond acceptors (Lipinski definition) is 5. The Morgan fingerprint density at radius 2 is 1.96 bits per heavy atom. The zero-order valence-corrected chi connectivity index (χ0v) is 13.7. The third-order valence-corrected chi connectivity index (χ3v) is 4.60. The first-order chi connectivity index (χ1) is 11.7. The zero-order valence-electron chi connectivity index (χ0n) is 13.7. The van der Waals surface area contributed by atoms with Crippen LogP contribution in [0.5, 0.6) is 5.75 Å². The molecule has 0 N–H and O–H groups in total. The van der Waals surface area contributed by atoms with E-state index in [0.29, 0.717) is 23.2 Å². The lowest BCUT2D eigenvalue weighted by Crippen LogP contribution is -2.18. The van der Waals surface area contributed by atoms with E-state index >= 15 is 0 Å². The minimum Gasteiger partial charge on any atom is -0.495 e. The molecule has 24 heavy (non-hydrogen) atoms. The Kier molecular flexibility index (Phi) is 3.42. The summed E-state index contributed by atoms with van der Waals surface area (Å²) in [6.45, 7) is 1.95. The Bertz CT molecular complexity index is 948. The second kappa shape index (κ2) is 5.60. The molecule has 0 radical (unpaired) electrons. The van der Waals surface area contributed by atoms with Gasteiger partial charge in [0.25, 0.3) is 0 Å². The summed E-state index contributed by atoms with van der Waals surface area (Å²) in [5, 5.41) is 10.6. The van der Waals surface area contributed by atoms with Gasteiger partial charge in [0.05, 0.1) is 18.9 Å². The van der Waals surface area contributed by atoms with Crippen molar-refractivity contribution in [1.29, 1.82) is 5.26 Å². The van der Waals surface area contributed by atoms with E-state index in [2.05, 4.69) is 25.6 Å². The molecule has 6 nitrogen and oxygen atoms in total. The Morgan fingerprint density at radius 1 is 1.21 bits per heavy atom. The number of fused-ring (bicyclic) bond motifs is 1. The molecule has 3 heterocycles. The summed E-state index contributed by atoms with van der Waals surface area (Å²) >= 11 is 0. The molecule has 1 saturated carbocycles. The molecule has 1 aliphatic rings. The van der Waals surface area contributed by atoms with Crippen LogP contribution >= 0.6 is 0 Å². The van der Waals surface area contributed by atoms with Gasteiger partial charge in [-0.3, -0.25) is 0 Å². The zero-order chi connectivity index (χ0) is 16.7. The number of nitrogens with zero attached hydrogens (tertiary/aromatic N) is 5. The van der Waals surface area contributed by atoms with Crippen molar-refractivity contribution in [2.45, 2.75) is 32.2 Å². The lowest BCUT2D eigenvalue weighted by Gasteiger charge is -2.29. The van der Waals surface area contributed by atoms with Crippen LogP contribution in [-0.2, 0) is 0 Å². The maximum atomic E-state index is 9.79. The smallest absolute Gasteiger partial charge is 0.177 e. The van der Waals surface area contributed by atoms with Gasteiger partial charge >= 0.3 is 0 Å². The summed E-state index contributed by atoms with van der Waals surface area (Å²) < 4.78 is 7.42. The molecule has 0 aromatic carbocycles. The minimum absolute atomic E-state index is 0.343. The Labute approximate surface area is 139 Å². The van der Waals surface area contributed by atoms with Gasteiger partial charge in [-0.1, -0.05) is 0 Å². The van der Waals surface area contributed by atoms with E-state index in [-0.39, 0.29) is 0 Å². The third-order valence-electron chi connectivity index (χ3n) is 4.60. The fourth-order valence-corrected chi connectivity index (χ4v) is 3.13. The van der Waals surface area contributed by atoms with Crippen molar-refractivity contribution >= 4 is 11.0 Å². The molecule has 3 aromatic heterocycles. The van der Waals surface area contributed by atoms with Crippen LogP contribution in [0.25, 0.3) is 22.6 Å². The van der Waals surface area contributed by atoms with Gasteiger partial charge in [0, 0.05) is 23.8 Å². The summed E-state index contributed by atoms with van der Waals surface area (Å²) in [7, 11) is 1.60. The first-order valence-electron chi connectivity index (χ1n) is 8.00. The van der Waals surface area contributed by atoms with E-state index in [1.807, 2.05) is 13.0 Å². The molecule has 0 unspecified atom stereocenters. The predicted octanol–water partition coefficient (Wildman–Crippen LogP) is 3.41. The largest absolute Gasteiger partial charge is 0.495 e. The number of aryl methyl sites for hydroxylation is 1. The van der Waals surface area contributed by atoms with Gasteiger partial charge < -0.3 is 9.30 Å². The standard InChI is InChI=1S/C18H17N5O/c1-11-8-20-17(21-9-11)16-15(7-19)14-6-13(24-2)10-22-18(14)23(16)12-4-3-5-12/h6,8-10,12H,3-5H2,1-2H3. The van der Waals surface area contributed by atoms with Crippen LogP contribution in [0.4, 0.5) is 0 Å². The molecule has 0 aliphatic heterocycles. The first-order valence-corrected chi connectivity index (χ1v) is 8.00. The number of nitriles is 1. The Hall–Kier alpha value is -2.94. The van der Waals surface area contributed by atoms with Crippen LogP contribution in [0.1, 0.15) is 36.4 Å². The average molecular weight is 319 g/mol. The van der Waals surface area contributed by atoms with Gasteiger partial charge in [-0.15, -0.1) is 0 Å². The quantitative estimate of drug-likeness (QED) is 0.739. The lowest BCUT2D eigenvalue weighted by atomic mass is 9.92. The number of hydrogen-bond donors (Lipinski definition) is 0. The van der Waals surface area contributed by atoms with E-state index in [9.17, 15) is 5.26 Å². The molecule has 3 aromatic rings. The van der Waals surface area contributed by atoms with E-state index in [0.717, 1.165) is 35.1 Å². The van der Waals surface area contributed by atoms with E-state index in [1.54, 1.807) is 25.7 Å². The fourth-order valence-electron chi connectivity index (χ4n) is 3.13. The van der Waals surface area contributed by atoms with Crippen molar-refractivity contribution in [1.82, 2.24) is 19.5 Å². The number of rotatable bonds is 3. The fraction of sp³-hybridized carbons (Fsp3) is 0.333. The highest BCUT2D eigenvalue weighted by molar-refractivity contribution is 5.92. The van der Waals surface area contributed by atoms with Crippen molar-refractivity contribution in [2.75, 3.05) is 7.11 Å². The monoisotopic (exact) mass is 319 g/mol. The molecule has 120 valence electrons. The molecular weight excluding hydrogens is 302 g/mol. The first kappa shape index (κ1) is 14.6. The van der Waals surface area contributed by atoms with Crippen molar-refractivity contribution in [3.63, 3.8) is 0 Å². The van der Waals surface area contributed by atoms with Crippen molar-refractivity contribution in [3.8, 4) is 23.3 Å². The molecular formula is C18H17N5O. The van der Waals surface area contributed by atoms with Gasteiger partial charge in [-0.25, -0.2) is 15.0 Å². The highest BCUT2D eigenvalue weighted by atomic mass is 16.5. The molecule has 4 rings (SSSR count). The second-order valence-corrected chi connectivity index (χ2v) is 6.12. The van der Waals surface area contributed by atoms with Gasteiger partial charge in [0.1, 0.15) is 23.2 Å². The van der Waals surface area contributed by atoms with Crippen molar-refractivity contribution in [3.05, 3.63) is 35.8 Å². The van der Waals surface area contributed by atoms with Crippen LogP contribution in [0.2, 0.25) is 0 Å². The Morgan fingerprint density at radius 3 is 2.54 bits per heavy atom. The summed E-state index contributed by atoms with van der Waals surface area (Å²) in [5.74, 6) is 1.21.